The van der Waals surface area contributed by atoms with Gasteiger partial charge in [0.15, 0.2) is 11.6 Å². The Balaban J connectivity index is 1.13. The predicted molar refractivity (Wildman–Crippen MR) is 141 cm³/mol. The van der Waals surface area contributed by atoms with Gasteiger partial charge in [0.25, 0.3) is 0 Å². The van der Waals surface area contributed by atoms with Crippen molar-refractivity contribution in [1.29, 1.82) is 0 Å². The summed E-state index contributed by atoms with van der Waals surface area (Å²) in [6.07, 6.45) is 5.23. The van der Waals surface area contributed by atoms with Crippen molar-refractivity contribution in [3.63, 3.8) is 0 Å². The monoisotopic (exact) mass is 499 g/mol. The molecule has 3 N–H and O–H groups in total. The van der Waals surface area contributed by atoms with E-state index in [1.165, 1.54) is 0 Å². The summed E-state index contributed by atoms with van der Waals surface area (Å²) in [7, 11) is 0. The highest BCUT2D eigenvalue weighted by Gasteiger charge is 2.28. The van der Waals surface area contributed by atoms with Crippen LogP contribution in [-0.2, 0) is 11.3 Å². The number of aryl methyl sites for hydroxylation is 4. The maximum atomic E-state index is 12.9. The van der Waals surface area contributed by atoms with E-state index in [9.17, 15) is 4.79 Å². The fourth-order valence-electron chi connectivity index (χ4n) is 4.91. The Hall–Kier alpha value is -4.08. The number of amides is 1. The molecule has 1 fully saturated rings. The molecule has 0 spiro atoms. The molecule has 0 unspecified atom stereocenters. The van der Waals surface area contributed by atoms with Crippen LogP contribution in [0.5, 0.6) is 0 Å². The second-order valence-electron chi connectivity index (χ2n) is 9.94. The average Bonchev–Trinajstić information content (AvgIpc) is 3.45. The molecular weight excluding hydrogens is 466 g/mol. The number of hydrogen-bond donors (Lipinski definition) is 3. The molecule has 1 amide bonds. The highest BCUT2D eigenvalue weighted by molar-refractivity contribution is 5.78. The summed E-state index contributed by atoms with van der Waals surface area (Å²) in [5, 5.41) is 18.0. The summed E-state index contributed by atoms with van der Waals surface area (Å²) in [4.78, 5) is 26.8. The number of rotatable bonds is 7. The number of carbonyl (C=O) groups excluding carboxylic acids is 1. The van der Waals surface area contributed by atoms with Gasteiger partial charge in [0, 0.05) is 53.8 Å². The summed E-state index contributed by atoms with van der Waals surface area (Å²) in [5.41, 5.74) is 4.86. The fourth-order valence-corrected chi connectivity index (χ4v) is 4.91. The van der Waals surface area contributed by atoms with Crippen molar-refractivity contribution in [2.75, 3.05) is 5.32 Å². The number of H-pyrrole nitrogens is 1. The number of nitrogens with one attached hydrogen (secondary N) is 3. The minimum absolute atomic E-state index is 0.00705. The van der Waals surface area contributed by atoms with E-state index in [1.807, 2.05) is 62.7 Å². The fraction of sp³-hybridized carbons (Fsp3) is 0.407. The molecule has 5 rings (SSSR count). The zero-order chi connectivity index (χ0) is 25.9. The third-order valence-corrected chi connectivity index (χ3v) is 6.80. The van der Waals surface area contributed by atoms with E-state index in [0.29, 0.717) is 6.54 Å². The first-order valence-electron chi connectivity index (χ1n) is 12.7. The molecule has 37 heavy (non-hydrogen) atoms. The zero-order valence-electron chi connectivity index (χ0n) is 21.7. The molecule has 4 aromatic heterocycles. The Morgan fingerprint density at radius 3 is 2.46 bits per heavy atom. The molecule has 1 saturated carbocycles. The molecule has 10 heteroatoms. The quantitative estimate of drug-likeness (QED) is 0.345. The molecule has 0 atom stereocenters. The Morgan fingerprint density at radius 1 is 1.00 bits per heavy atom. The van der Waals surface area contributed by atoms with Crippen LogP contribution in [0.1, 0.15) is 65.8 Å². The van der Waals surface area contributed by atoms with Gasteiger partial charge in [-0.05, 0) is 71.1 Å². The van der Waals surface area contributed by atoms with Crippen LogP contribution in [0.25, 0.3) is 5.82 Å². The van der Waals surface area contributed by atoms with Gasteiger partial charge in [0.05, 0.1) is 5.69 Å². The molecule has 0 aromatic carbocycles. The number of anilines is 2. The molecular formula is C27H33N9O. The number of aromatic nitrogens is 7. The Labute approximate surface area is 216 Å². The van der Waals surface area contributed by atoms with Crippen LogP contribution in [0.4, 0.5) is 11.6 Å². The lowest BCUT2D eigenvalue weighted by Gasteiger charge is -2.27. The van der Waals surface area contributed by atoms with E-state index in [1.54, 1.807) is 6.20 Å². The van der Waals surface area contributed by atoms with Gasteiger partial charge >= 0.3 is 0 Å². The minimum atomic E-state index is 0.00705. The molecule has 4 heterocycles. The van der Waals surface area contributed by atoms with E-state index in [4.69, 9.17) is 9.97 Å². The number of pyridine rings is 1. The van der Waals surface area contributed by atoms with E-state index in [2.05, 4.69) is 30.9 Å². The first-order valence-corrected chi connectivity index (χ1v) is 12.7. The van der Waals surface area contributed by atoms with Crippen LogP contribution < -0.4 is 10.6 Å². The number of aromatic amines is 1. The maximum absolute atomic E-state index is 12.9. The molecule has 0 radical (unpaired) electrons. The maximum Gasteiger partial charge on any atom is 0.223 e. The van der Waals surface area contributed by atoms with E-state index in [-0.39, 0.29) is 17.7 Å². The van der Waals surface area contributed by atoms with Gasteiger partial charge in [-0.25, -0.2) is 19.6 Å². The topological polar surface area (TPSA) is 126 Å². The molecule has 0 saturated heterocycles. The predicted octanol–water partition coefficient (Wildman–Crippen LogP) is 4.35. The van der Waals surface area contributed by atoms with E-state index >= 15 is 0 Å². The lowest BCUT2D eigenvalue weighted by atomic mass is 9.81. The molecule has 192 valence electrons. The molecule has 1 aliphatic rings. The zero-order valence-corrected chi connectivity index (χ0v) is 21.7. The molecule has 1 aliphatic carbocycles. The minimum Gasteiger partial charge on any atom is -0.352 e. The van der Waals surface area contributed by atoms with Crippen molar-refractivity contribution < 1.29 is 4.79 Å². The molecule has 4 aromatic rings. The van der Waals surface area contributed by atoms with Crippen LogP contribution in [0.3, 0.4) is 0 Å². The van der Waals surface area contributed by atoms with Crippen molar-refractivity contribution in [2.24, 2.45) is 5.92 Å². The van der Waals surface area contributed by atoms with Gasteiger partial charge in [0.1, 0.15) is 11.6 Å². The van der Waals surface area contributed by atoms with Crippen molar-refractivity contribution in [3.8, 4) is 5.82 Å². The van der Waals surface area contributed by atoms with Crippen LogP contribution in [0.2, 0.25) is 0 Å². The van der Waals surface area contributed by atoms with Crippen LogP contribution in [0, 0.1) is 33.6 Å². The van der Waals surface area contributed by atoms with Gasteiger partial charge in [0.2, 0.25) is 5.91 Å². The third-order valence-electron chi connectivity index (χ3n) is 6.80. The van der Waals surface area contributed by atoms with Crippen LogP contribution >= 0.6 is 0 Å². The molecule has 0 bridgehead atoms. The van der Waals surface area contributed by atoms with Crippen molar-refractivity contribution in [2.45, 2.75) is 65.8 Å². The number of carbonyl (C=O) groups is 1. The summed E-state index contributed by atoms with van der Waals surface area (Å²) in [5.74, 6) is 3.44. The smallest absolute Gasteiger partial charge is 0.223 e. The standard InChI is InChI=1S/C27H33N9O/c1-16-12-23(31-24-13-17(2)33-34-24)32-26(30-16)21-6-8-22(9-7-21)27(37)29-15-20-5-10-25(28-14-20)36-19(4)11-18(3)35-36/h5,10-14,21-22H,6-9,15H2,1-4H3,(H,29,37)(H2,30,31,32,33,34)/t21-,22-. The lowest BCUT2D eigenvalue weighted by molar-refractivity contribution is -0.126. The van der Waals surface area contributed by atoms with Crippen LogP contribution in [0.15, 0.2) is 36.5 Å². The van der Waals surface area contributed by atoms with Crippen molar-refractivity contribution in [3.05, 3.63) is 70.7 Å². The largest absolute Gasteiger partial charge is 0.352 e. The average molecular weight is 500 g/mol. The van der Waals surface area contributed by atoms with Gasteiger partial charge in [-0.1, -0.05) is 6.07 Å². The van der Waals surface area contributed by atoms with Gasteiger partial charge in [-0.2, -0.15) is 10.2 Å². The SMILES string of the molecule is Cc1cc(Nc2cc(C)[nH]n2)nc([C@H]2CC[C@H](C(=O)NCc3ccc(-n4nc(C)cc4C)nc3)CC2)n1. The van der Waals surface area contributed by atoms with E-state index < -0.39 is 0 Å². The Bertz CT molecular complexity index is 1380. The second-order valence-corrected chi connectivity index (χ2v) is 9.94. The normalized spacial score (nSPS) is 17.5. The van der Waals surface area contributed by atoms with Crippen molar-refractivity contribution in [1.82, 2.24) is 40.2 Å². The highest BCUT2D eigenvalue weighted by Crippen LogP contribution is 2.35. The van der Waals surface area contributed by atoms with E-state index in [0.717, 1.165) is 77.3 Å². The molecule has 10 nitrogen and oxygen atoms in total. The Morgan fingerprint density at radius 2 is 1.81 bits per heavy atom. The summed E-state index contributed by atoms with van der Waals surface area (Å²) < 4.78 is 1.82. The summed E-state index contributed by atoms with van der Waals surface area (Å²) in [6.45, 7) is 8.37. The van der Waals surface area contributed by atoms with Crippen LogP contribution in [-0.4, -0.2) is 40.8 Å². The third kappa shape index (κ3) is 5.84. The second kappa shape index (κ2) is 10.5. The number of hydrogen-bond acceptors (Lipinski definition) is 7. The first-order chi connectivity index (χ1) is 17.8. The highest BCUT2D eigenvalue weighted by atomic mass is 16.1. The lowest BCUT2D eigenvalue weighted by Crippen LogP contribution is -2.32. The molecule has 0 aliphatic heterocycles. The summed E-state index contributed by atoms with van der Waals surface area (Å²) >= 11 is 0. The van der Waals surface area contributed by atoms with Gasteiger partial charge in [-0.15, -0.1) is 0 Å². The first kappa shape index (κ1) is 24.6. The van der Waals surface area contributed by atoms with Gasteiger partial charge in [-0.3, -0.25) is 9.89 Å². The summed E-state index contributed by atoms with van der Waals surface area (Å²) in [6, 6.07) is 9.80. The van der Waals surface area contributed by atoms with Crippen molar-refractivity contribution >= 4 is 17.5 Å². The van der Waals surface area contributed by atoms with Gasteiger partial charge < -0.3 is 10.6 Å². The Kier molecular flexibility index (Phi) is 6.98. The number of nitrogens with zero attached hydrogens (tertiary/aromatic N) is 6.